The van der Waals surface area contributed by atoms with Crippen LogP contribution in [0.1, 0.15) is 34.6 Å². The molecule has 0 fully saturated rings. The van der Waals surface area contributed by atoms with Gasteiger partial charge in [-0.05, 0) is 68.5 Å². The van der Waals surface area contributed by atoms with Crippen LogP contribution < -0.4 is 10.0 Å². The van der Waals surface area contributed by atoms with E-state index in [1.165, 1.54) is 58.5 Å². The summed E-state index contributed by atoms with van der Waals surface area (Å²) in [5.74, 6) is -3.44. The molecule has 0 spiro atoms. The van der Waals surface area contributed by atoms with Crippen LogP contribution in [0.15, 0.2) is 82.5 Å². The lowest BCUT2D eigenvalue weighted by Gasteiger charge is -2.13. The van der Waals surface area contributed by atoms with Gasteiger partial charge in [-0.3, -0.25) is 9.59 Å². The number of nitrogens with zero attached hydrogens (tertiary/aromatic N) is 4. The van der Waals surface area contributed by atoms with E-state index in [1.54, 1.807) is 32.1 Å². The lowest BCUT2D eigenvalue weighted by atomic mass is 10.0. The molecule has 0 aliphatic carbocycles. The third kappa shape index (κ3) is 4.49. The minimum absolute atomic E-state index is 0.102. The number of aromatic carboxylic acids is 2. The number of amides is 2. The zero-order valence-corrected chi connectivity index (χ0v) is 18.7. The van der Waals surface area contributed by atoms with Gasteiger partial charge < -0.3 is 10.2 Å². The molecule has 0 saturated heterocycles. The molecule has 4 rings (SSSR count). The zero-order valence-electron chi connectivity index (χ0n) is 18.7. The highest BCUT2D eigenvalue weighted by molar-refractivity contribution is 6.30. The predicted molar refractivity (Wildman–Crippen MR) is 129 cm³/mol. The highest BCUT2D eigenvalue weighted by Gasteiger charge is 2.33. The first-order valence-electron chi connectivity index (χ1n) is 10.5. The van der Waals surface area contributed by atoms with Crippen molar-refractivity contribution in [3.63, 3.8) is 0 Å². The molecule has 2 N–H and O–H groups in total. The molecule has 2 aromatic rings. The number of carboxylic acid groups (broad SMARTS) is 2. The molecule has 2 aliphatic rings. The van der Waals surface area contributed by atoms with Crippen LogP contribution in [0.3, 0.4) is 0 Å². The van der Waals surface area contributed by atoms with Crippen molar-refractivity contribution in [2.75, 3.05) is 10.0 Å². The minimum Gasteiger partial charge on any atom is -0.478 e. The van der Waals surface area contributed by atoms with E-state index in [0.29, 0.717) is 28.4 Å². The van der Waals surface area contributed by atoms with Crippen molar-refractivity contribution in [3.8, 4) is 0 Å². The van der Waals surface area contributed by atoms with Crippen molar-refractivity contribution in [1.29, 1.82) is 0 Å². The van der Waals surface area contributed by atoms with Crippen LogP contribution in [0.2, 0.25) is 0 Å². The van der Waals surface area contributed by atoms with E-state index < -0.39 is 17.9 Å². The number of allylic oxidation sites excluding steroid dienone is 2. The van der Waals surface area contributed by atoms with Crippen LogP contribution in [0.5, 0.6) is 0 Å². The summed E-state index contributed by atoms with van der Waals surface area (Å²) < 4.78 is 0. The maximum absolute atomic E-state index is 12.9. The van der Waals surface area contributed by atoms with Crippen molar-refractivity contribution >= 4 is 46.6 Å². The summed E-state index contributed by atoms with van der Waals surface area (Å²) in [6.07, 6.45) is 4.80. The fourth-order valence-corrected chi connectivity index (χ4v) is 3.62. The Kier molecular flexibility index (Phi) is 6.11. The third-order valence-corrected chi connectivity index (χ3v) is 5.53. The minimum atomic E-state index is -1.06. The summed E-state index contributed by atoms with van der Waals surface area (Å²) in [5.41, 5.74) is 2.46. The highest BCUT2D eigenvalue weighted by atomic mass is 16.4. The molecule has 0 saturated carbocycles. The molecule has 10 nitrogen and oxygen atoms in total. The summed E-state index contributed by atoms with van der Waals surface area (Å²) in [7, 11) is 0. The van der Waals surface area contributed by atoms with Crippen LogP contribution in [-0.4, -0.2) is 45.4 Å². The second kappa shape index (κ2) is 9.18. The van der Waals surface area contributed by atoms with E-state index in [9.17, 15) is 19.2 Å². The van der Waals surface area contributed by atoms with Crippen molar-refractivity contribution < 1.29 is 29.4 Å². The van der Waals surface area contributed by atoms with Gasteiger partial charge in [-0.2, -0.15) is 20.2 Å². The normalized spacial score (nSPS) is 19.0. The van der Waals surface area contributed by atoms with Gasteiger partial charge in [0.1, 0.15) is 0 Å². The van der Waals surface area contributed by atoms with E-state index in [1.807, 2.05) is 0 Å². The summed E-state index contributed by atoms with van der Waals surface area (Å²) in [4.78, 5) is 47.8. The average Bonchev–Trinajstić information content (AvgIpc) is 3.28. The Morgan fingerprint density at radius 3 is 1.86 bits per heavy atom. The molecule has 176 valence electrons. The molecule has 2 aromatic carbocycles. The van der Waals surface area contributed by atoms with E-state index in [2.05, 4.69) is 10.2 Å². The van der Waals surface area contributed by atoms with Gasteiger partial charge in [0.15, 0.2) is 0 Å². The second-order valence-corrected chi connectivity index (χ2v) is 7.84. The maximum atomic E-state index is 12.9. The molecule has 35 heavy (non-hydrogen) atoms. The first-order chi connectivity index (χ1) is 16.7. The standard InChI is InChI=1S/C25H20N4O6/c1-14-20(22(30)28(26-14)18-10-6-16(7-11-18)24(32)33)4-3-5-21-15(2)27-29(23(21)31)19-12-8-17(9-13-19)25(34)35/h3-13,20H,1-2H3,(H,32,33)(H,34,35)/b4-3+,21-5+. The Balaban J connectivity index is 1.48. The summed E-state index contributed by atoms with van der Waals surface area (Å²) in [6, 6.07) is 11.6. The molecule has 1 atom stereocenters. The largest absolute Gasteiger partial charge is 0.478 e. The number of hydrogen-bond acceptors (Lipinski definition) is 6. The van der Waals surface area contributed by atoms with Crippen molar-refractivity contribution in [2.24, 2.45) is 16.1 Å². The molecule has 2 aliphatic heterocycles. The van der Waals surface area contributed by atoms with Gasteiger partial charge in [0.05, 0.1) is 45.4 Å². The van der Waals surface area contributed by atoms with E-state index in [-0.39, 0.29) is 22.9 Å². The highest BCUT2D eigenvalue weighted by Crippen LogP contribution is 2.26. The number of hydrazone groups is 2. The maximum Gasteiger partial charge on any atom is 0.335 e. The Bertz CT molecular complexity index is 1350. The van der Waals surface area contributed by atoms with Crippen molar-refractivity contribution in [3.05, 3.63) is 83.5 Å². The molecular formula is C25H20N4O6. The molecule has 2 heterocycles. The Morgan fingerprint density at radius 1 is 0.829 bits per heavy atom. The van der Waals surface area contributed by atoms with Gasteiger partial charge >= 0.3 is 11.9 Å². The number of hydrogen-bond donors (Lipinski definition) is 2. The lowest BCUT2D eigenvalue weighted by Crippen LogP contribution is -2.25. The van der Waals surface area contributed by atoms with Gasteiger partial charge in [0.25, 0.3) is 11.8 Å². The third-order valence-electron chi connectivity index (χ3n) is 5.53. The van der Waals surface area contributed by atoms with Crippen LogP contribution in [-0.2, 0) is 9.59 Å². The Morgan fingerprint density at radius 2 is 1.34 bits per heavy atom. The van der Waals surface area contributed by atoms with Gasteiger partial charge in [0.2, 0.25) is 0 Å². The van der Waals surface area contributed by atoms with Crippen LogP contribution in [0.4, 0.5) is 11.4 Å². The van der Waals surface area contributed by atoms with Gasteiger partial charge in [-0.1, -0.05) is 12.2 Å². The van der Waals surface area contributed by atoms with Gasteiger partial charge in [0, 0.05) is 0 Å². The molecule has 1 unspecified atom stereocenters. The monoisotopic (exact) mass is 472 g/mol. The number of anilines is 2. The first kappa shape index (κ1) is 23.3. The molecular weight excluding hydrogens is 452 g/mol. The van der Waals surface area contributed by atoms with E-state index in [4.69, 9.17) is 10.2 Å². The lowest BCUT2D eigenvalue weighted by molar-refractivity contribution is -0.118. The number of carbonyl (C=O) groups excluding carboxylic acids is 2. The van der Waals surface area contributed by atoms with Crippen LogP contribution >= 0.6 is 0 Å². The SMILES string of the molecule is CC1=NN(c2ccc(C(=O)O)cc2)C(=O)/C1=C/C=C/C1C(=O)N(c2ccc(C(=O)O)cc2)N=C1C. The quantitative estimate of drug-likeness (QED) is 0.618. The molecule has 10 heteroatoms. The number of rotatable bonds is 6. The predicted octanol–water partition coefficient (Wildman–Crippen LogP) is 3.33. The van der Waals surface area contributed by atoms with Crippen molar-refractivity contribution in [1.82, 2.24) is 0 Å². The molecule has 0 bridgehead atoms. The number of benzene rings is 2. The Hall–Kier alpha value is -4.86. The first-order valence-corrected chi connectivity index (χ1v) is 10.5. The molecule has 0 aromatic heterocycles. The van der Waals surface area contributed by atoms with E-state index >= 15 is 0 Å². The van der Waals surface area contributed by atoms with Crippen molar-refractivity contribution in [2.45, 2.75) is 13.8 Å². The summed E-state index contributed by atoms with van der Waals surface area (Å²) in [5, 5.41) is 29.0. The fourth-order valence-electron chi connectivity index (χ4n) is 3.62. The average molecular weight is 472 g/mol. The zero-order chi connectivity index (χ0) is 25.3. The van der Waals surface area contributed by atoms with Gasteiger partial charge in [-0.15, -0.1) is 0 Å². The van der Waals surface area contributed by atoms with E-state index in [0.717, 1.165) is 0 Å². The topological polar surface area (TPSA) is 140 Å². The second-order valence-electron chi connectivity index (χ2n) is 7.84. The smallest absolute Gasteiger partial charge is 0.335 e. The molecule has 0 radical (unpaired) electrons. The summed E-state index contributed by atoms with van der Waals surface area (Å²) >= 11 is 0. The van der Waals surface area contributed by atoms with Gasteiger partial charge in [-0.25, -0.2) is 9.59 Å². The Labute approximate surface area is 199 Å². The fraction of sp³-hybridized carbons (Fsp3) is 0.120. The molecule has 2 amide bonds. The summed E-state index contributed by atoms with van der Waals surface area (Å²) in [6.45, 7) is 3.39. The van der Waals surface area contributed by atoms with Crippen LogP contribution in [0, 0.1) is 5.92 Å². The number of carbonyl (C=O) groups is 4. The van der Waals surface area contributed by atoms with Crippen LogP contribution in [0.25, 0.3) is 0 Å². The number of carboxylic acids is 2.